The molecule has 0 bridgehead atoms. The maximum absolute atomic E-state index is 15.4. The molecule has 0 radical (unpaired) electrons. The Balaban J connectivity index is 1.35. The van der Waals surface area contributed by atoms with Gasteiger partial charge in [0.2, 0.25) is 17.6 Å². The van der Waals surface area contributed by atoms with Crippen LogP contribution < -0.4 is 10.6 Å². The highest BCUT2D eigenvalue weighted by atomic mass is 32.2. The summed E-state index contributed by atoms with van der Waals surface area (Å²) in [5.74, 6) is -0.233. The summed E-state index contributed by atoms with van der Waals surface area (Å²) in [4.78, 5) is 18.7. The van der Waals surface area contributed by atoms with Crippen LogP contribution in [0.1, 0.15) is 44.5 Å². The number of rotatable bonds is 7. The molecule has 0 spiro atoms. The number of benzene rings is 1. The monoisotopic (exact) mass is 585 g/mol. The van der Waals surface area contributed by atoms with Crippen LogP contribution in [0.4, 0.5) is 23.2 Å². The molecule has 0 unspecified atom stereocenters. The van der Waals surface area contributed by atoms with E-state index in [1.54, 1.807) is 18.2 Å². The number of hydrogen-bond donors (Lipinski definition) is 2. The summed E-state index contributed by atoms with van der Waals surface area (Å²) in [7, 11) is 1.42. The van der Waals surface area contributed by atoms with Gasteiger partial charge in [0.15, 0.2) is 0 Å². The number of piperidine rings is 1. The van der Waals surface area contributed by atoms with Crippen LogP contribution >= 0.6 is 23.1 Å². The van der Waals surface area contributed by atoms with E-state index in [-0.39, 0.29) is 57.7 Å². The van der Waals surface area contributed by atoms with E-state index in [0.29, 0.717) is 22.2 Å². The Bertz CT molecular complexity index is 1380. The van der Waals surface area contributed by atoms with Gasteiger partial charge in [-0.2, -0.15) is 18.2 Å². The average Bonchev–Trinajstić information content (AvgIpc) is 3.58. The highest BCUT2D eigenvalue weighted by molar-refractivity contribution is 8.00. The molecule has 0 saturated carbocycles. The van der Waals surface area contributed by atoms with E-state index < -0.39 is 29.9 Å². The van der Waals surface area contributed by atoms with E-state index in [0.717, 1.165) is 30.7 Å². The molecule has 39 heavy (non-hydrogen) atoms. The maximum Gasteiger partial charge on any atom is 0.446 e. The number of alkyl halides is 4. The Kier molecular flexibility index (Phi) is 7.01. The number of thioether (sulfide) groups is 1. The van der Waals surface area contributed by atoms with E-state index in [2.05, 4.69) is 32.6 Å². The number of amides is 1. The van der Waals surface area contributed by atoms with Crippen LogP contribution in [0.2, 0.25) is 0 Å². The number of nitrogens with zero attached hydrogens (tertiary/aromatic N) is 3. The van der Waals surface area contributed by atoms with Crippen molar-refractivity contribution in [3.05, 3.63) is 24.1 Å². The van der Waals surface area contributed by atoms with Crippen molar-refractivity contribution in [1.29, 1.82) is 0 Å². The van der Waals surface area contributed by atoms with Crippen LogP contribution in [0.5, 0.6) is 0 Å². The molecule has 3 fully saturated rings. The maximum atomic E-state index is 15.4. The van der Waals surface area contributed by atoms with Gasteiger partial charge in [0.1, 0.15) is 18.3 Å². The van der Waals surface area contributed by atoms with Crippen molar-refractivity contribution < 1.29 is 31.6 Å². The second-order valence-electron chi connectivity index (χ2n) is 10.1. The van der Waals surface area contributed by atoms with Crippen LogP contribution in [-0.2, 0) is 9.53 Å². The van der Waals surface area contributed by atoms with Gasteiger partial charge in [-0.15, -0.1) is 11.3 Å². The van der Waals surface area contributed by atoms with E-state index in [1.807, 2.05) is 0 Å². The van der Waals surface area contributed by atoms with E-state index in [4.69, 9.17) is 9.26 Å². The number of anilines is 1. The number of thiophene rings is 1. The summed E-state index contributed by atoms with van der Waals surface area (Å²) in [6.07, 6.45) is 0.868. The van der Waals surface area contributed by atoms with Crippen molar-refractivity contribution in [1.82, 2.24) is 20.4 Å². The quantitative estimate of drug-likeness (QED) is 0.277. The van der Waals surface area contributed by atoms with Crippen LogP contribution in [0, 0.1) is 0 Å². The summed E-state index contributed by atoms with van der Waals surface area (Å²) in [6, 6.07) is 4.17. The second kappa shape index (κ2) is 10.2. The van der Waals surface area contributed by atoms with Gasteiger partial charge >= 0.3 is 5.51 Å². The van der Waals surface area contributed by atoms with Crippen LogP contribution in [0.3, 0.4) is 0 Å². The number of halogens is 4. The highest BCUT2D eigenvalue weighted by Gasteiger charge is 2.47. The molecular formula is C25H27F4N5O3S2. The minimum atomic E-state index is -4.56. The van der Waals surface area contributed by atoms with Gasteiger partial charge in [-0.3, -0.25) is 9.69 Å². The van der Waals surface area contributed by atoms with Crippen LogP contribution in [0.25, 0.3) is 20.8 Å². The summed E-state index contributed by atoms with van der Waals surface area (Å²) >= 11 is 0.868. The van der Waals surface area contributed by atoms with E-state index >= 15 is 4.39 Å². The van der Waals surface area contributed by atoms with Crippen LogP contribution in [-0.4, -0.2) is 70.5 Å². The standard InChI is InChI=1S/C25H27F4N5O3S2/c1-3-11-9-14(18(26)16-7-8-34(11)16)30-13-6-4-5-12-19(13)38-21(20(12)39-25(27,28)29)22-32-24(37-33-22)15-10-17(36-2)23(35)31-15/h4-6,11,14-18,30H,3,7-10H2,1-2H3,(H,31,35)/t11-,14-,15-,16+,17+,18-/m1/s1. The topological polar surface area (TPSA) is 92.5 Å². The fourth-order valence-electron chi connectivity index (χ4n) is 5.84. The van der Waals surface area contributed by atoms with Gasteiger partial charge in [0.05, 0.1) is 21.3 Å². The second-order valence-corrected chi connectivity index (χ2v) is 12.2. The Morgan fingerprint density at radius 3 is 2.82 bits per heavy atom. The first-order valence-corrected chi connectivity index (χ1v) is 14.4. The van der Waals surface area contributed by atoms with Crippen molar-refractivity contribution in [2.75, 3.05) is 19.0 Å². The molecule has 0 aliphatic carbocycles. The molecule has 1 amide bonds. The zero-order valence-corrected chi connectivity index (χ0v) is 22.8. The number of carbonyl (C=O) groups is 1. The number of fused-ring (bicyclic) bond motifs is 2. The molecule has 5 heterocycles. The number of ether oxygens (including phenoxy) is 1. The lowest BCUT2D eigenvalue weighted by molar-refractivity contribution is -0.127. The molecule has 6 atom stereocenters. The lowest BCUT2D eigenvalue weighted by Gasteiger charge is -2.54. The minimum Gasteiger partial charge on any atom is -0.378 e. The molecule has 3 aliphatic rings. The van der Waals surface area contributed by atoms with Crippen LogP contribution in [0.15, 0.2) is 27.6 Å². The smallest absolute Gasteiger partial charge is 0.378 e. The normalized spacial score (nSPS) is 29.3. The Hall–Kier alpha value is -2.42. The Labute approximate surface area is 229 Å². The van der Waals surface area contributed by atoms with Gasteiger partial charge in [-0.1, -0.05) is 24.2 Å². The zero-order valence-electron chi connectivity index (χ0n) is 21.1. The molecule has 8 nitrogen and oxygen atoms in total. The Morgan fingerprint density at radius 1 is 1.33 bits per heavy atom. The average molecular weight is 586 g/mol. The Morgan fingerprint density at radius 2 is 2.15 bits per heavy atom. The van der Waals surface area contributed by atoms with Crippen molar-refractivity contribution in [3.63, 3.8) is 0 Å². The third-order valence-electron chi connectivity index (χ3n) is 7.84. The van der Waals surface area contributed by atoms with Gasteiger partial charge in [-0.25, -0.2) is 4.39 Å². The summed E-state index contributed by atoms with van der Waals surface area (Å²) in [5.41, 5.74) is -3.97. The molecule has 2 N–H and O–H groups in total. The van der Waals surface area contributed by atoms with E-state index in [9.17, 15) is 18.0 Å². The fraction of sp³-hybridized carbons (Fsp3) is 0.560. The molecule has 3 saturated heterocycles. The summed E-state index contributed by atoms with van der Waals surface area (Å²) in [6.45, 7) is 3.00. The summed E-state index contributed by atoms with van der Waals surface area (Å²) < 4.78 is 67.5. The largest absolute Gasteiger partial charge is 0.446 e. The third kappa shape index (κ3) is 4.89. The number of methoxy groups -OCH3 is 1. The van der Waals surface area contributed by atoms with Crippen molar-refractivity contribution in [2.45, 2.75) is 79.5 Å². The fourth-order valence-corrected chi connectivity index (χ4v) is 7.95. The molecule has 3 aliphatic heterocycles. The SMILES string of the molecule is CC[C@@H]1C[C@@H](Nc2cccc3c(SC(F)(F)F)c(-c4noc([C@H]5C[C@H](OC)C(=O)N5)n4)sc23)[C@@H](F)[C@@H]2CCN12. The minimum absolute atomic E-state index is 0.00351. The van der Waals surface area contributed by atoms with E-state index in [1.165, 1.54) is 7.11 Å². The molecule has 2 aromatic heterocycles. The molecule has 14 heteroatoms. The number of carbonyl (C=O) groups excluding carboxylic acids is 1. The number of nitrogens with one attached hydrogen (secondary N) is 2. The molecular weight excluding hydrogens is 558 g/mol. The number of aromatic nitrogens is 2. The summed E-state index contributed by atoms with van der Waals surface area (Å²) in [5, 5.41) is 10.4. The van der Waals surface area contributed by atoms with Gasteiger partial charge in [0.25, 0.3) is 0 Å². The van der Waals surface area contributed by atoms with Crippen molar-refractivity contribution in [2.24, 2.45) is 0 Å². The van der Waals surface area contributed by atoms with Gasteiger partial charge < -0.3 is 19.9 Å². The number of hydrogen-bond acceptors (Lipinski definition) is 9. The first-order valence-electron chi connectivity index (χ1n) is 12.8. The predicted octanol–water partition coefficient (Wildman–Crippen LogP) is 5.51. The lowest BCUT2D eigenvalue weighted by Crippen LogP contribution is -2.65. The van der Waals surface area contributed by atoms with Gasteiger partial charge in [-0.05, 0) is 37.1 Å². The molecule has 210 valence electrons. The first kappa shape index (κ1) is 26.8. The van der Waals surface area contributed by atoms with Crippen molar-refractivity contribution in [3.8, 4) is 10.7 Å². The highest BCUT2D eigenvalue weighted by Crippen LogP contribution is 2.51. The van der Waals surface area contributed by atoms with Gasteiger partial charge in [0, 0.05) is 42.4 Å². The third-order valence-corrected chi connectivity index (χ3v) is 10.1. The van der Waals surface area contributed by atoms with Crippen molar-refractivity contribution >= 4 is 44.8 Å². The molecule has 6 rings (SSSR count). The lowest BCUT2D eigenvalue weighted by atomic mass is 9.81. The first-order chi connectivity index (χ1) is 18.7. The predicted molar refractivity (Wildman–Crippen MR) is 139 cm³/mol. The zero-order chi connectivity index (χ0) is 27.5. The molecule has 1 aromatic carbocycles. The molecule has 3 aromatic rings.